The highest BCUT2D eigenvalue weighted by Gasteiger charge is 2.28. The minimum Gasteiger partial charge on any atom is -0.397 e. The molecule has 1 aliphatic carbocycles. The van der Waals surface area contributed by atoms with Gasteiger partial charge in [-0.1, -0.05) is 19.8 Å². The number of aromatic nitrogens is 2. The van der Waals surface area contributed by atoms with Crippen molar-refractivity contribution in [3.05, 3.63) is 12.1 Å². The van der Waals surface area contributed by atoms with Crippen LogP contribution in [0.3, 0.4) is 0 Å². The average molecular weight is 246 g/mol. The Labute approximate surface area is 106 Å². The molecule has 2 aromatic rings. The molecule has 5 heteroatoms. The first-order chi connectivity index (χ1) is 8.68. The van der Waals surface area contributed by atoms with Gasteiger partial charge in [0.2, 0.25) is 0 Å². The quantitative estimate of drug-likeness (QED) is 0.814. The van der Waals surface area contributed by atoms with Crippen molar-refractivity contribution in [3.8, 4) is 0 Å². The van der Waals surface area contributed by atoms with Gasteiger partial charge in [-0.25, -0.2) is 4.63 Å². The molecule has 96 valence electrons. The number of nitrogen functional groups attached to an aromatic ring is 1. The van der Waals surface area contributed by atoms with E-state index in [9.17, 15) is 0 Å². The van der Waals surface area contributed by atoms with Crippen LogP contribution in [0, 0.1) is 5.41 Å². The predicted octanol–water partition coefficient (Wildman–Crippen LogP) is 2.80. The van der Waals surface area contributed by atoms with E-state index in [-0.39, 0.29) is 0 Å². The molecule has 1 aromatic carbocycles. The molecule has 1 aromatic heterocycles. The van der Waals surface area contributed by atoms with E-state index in [2.05, 4.69) is 22.6 Å². The normalized spacial score (nSPS) is 18.3. The van der Waals surface area contributed by atoms with Crippen molar-refractivity contribution in [1.29, 1.82) is 0 Å². The molecule has 0 amide bonds. The van der Waals surface area contributed by atoms with Crippen LogP contribution in [-0.4, -0.2) is 16.9 Å². The lowest BCUT2D eigenvalue weighted by Crippen LogP contribution is -2.23. The molecule has 0 atom stereocenters. The Kier molecular flexibility index (Phi) is 2.61. The van der Waals surface area contributed by atoms with Crippen LogP contribution in [0.4, 0.5) is 11.4 Å². The first kappa shape index (κ1) is 11.3. The standard InChI is InChI=1S/C13H18N4O/c1-13(6-2-3-7-13)8-15-10-5-4-9(14)11-12(10)17-18-16-11/h4-5,15H,2-3,6-8,14H2,1H3. The van der Waals surface area contributed by atoms with Crippen LogP contribution in [0.2, 0.25) is 0 Å². The maximum absolute atomic E-state index is 5.82. The number of rotatable bonds is 3. The molecule has 5 nitrogen and oxygen atoms in total. The van der Waals surface area contributed by atoms with Gasteiger partial charge in [-0.15, -0.1) is 0 Å². The molecule has 0 saturated heterocycles. The SMILES string of the molecule is CC1(CNc2ccc(N)c3nonc23)CCCC1. The van der Waals surface area contributed by atoms with E-state index >= 15 is 0 Å². The van der Waals surface area contributed by atoms with Gasteiger partial charge in [0.05, 0.1) is 11.4 Å². The molecule has 1 fully saturated rings. The number of nitrogens with one attached hydrogen (secondary N) is 1. The van der Waals surface area contributed by atoms with Gasteiger partial charge in [0.25, 0.3) is 0 Å². The Morgan fingerprint density at radius 1 is 1.28 bits per heavy atom. The first-order valence-electron chi connectivity index (χ1n) is 6.43. The average Bonchev–Trinajstić information content (AvgIpc) is 2.98. The molecular weight excluding hydrogens is 228 g/mol. The van der Waals surface area contributed by atoms with E-state index in [0.717, 1.165) is 17.7 Å². The summed E-state index contributed by atoms with van der Waals surface area (Å²) in [6, 6.07) is 3.78. The first-order valence-corrected chi connectivity index (χ1v) is 6.43. The highest BCUT2D eigenvalue weighted by Crippen LogP contribution is 2.38. The summed E-state index contributed by atoms with van der Waals surface area (Å²) in [6.45, 7) is 3.29. The summed E-state index contributed by atoms with van der Waals surface area (Å²) in [7, 11) is 0. The van der Waals surface area contributed by atoms with Crippen LogP contribution in [0.5, 0.6) is 0 Å². The van der Waals surface area contributed by atoms with Gasteiger partial charge in [0.15, 0.2) is 11.0 Å². The number of nitrogens with two attached hydrogens (primary N) is 1. The zero-order chi connectivity index (χ0) is 12.6. The van der Waals surface area contributed by atoms with Gasteiger partial charge in [-0.2, -0.15) is 0 Å². The summed E-state index contributed by atoms with van der Waals surface area (Å²) >= 11 is 0. The fourth-order valence-corrected chi connectivity index (χ4v) is 2.74. The van der Waals surface area contributed by atoms with Crippen LogP contribution in [0.25, 0.3) is 11.0 Å². The van der Waals surface area contributed by atoms with E-state index in [4.69, 9.17) is 10.4 Å². The van der Waals surface area contributed by atoms with Gasteiger partial charge in [-0.05, 0) is 40.7 Å². The Hall–Kier alpha value is -1.78. The highest BCUT2D eigenvalue weighted by atomic mass is 16.6. The van der Waals surface area contributed by atoms with Crippen molar-refractivity contribution < 1.29 is 4.63 Å². The maximum atomic E-state index is 5.82. The van der Waals surface area contributed by atoms with Gasteiger partial charge in [0.1, 0.15) is 0 Å². The lowest BCUT2D eigenvalue weighted by Gasteiger charge is -2.24. The molecule has 3 rings (SSSR count). The zero-order valence-corrected chi connectivity index (χ0v) is 10.6. The number of benzene rings is 1. The van der Waals surface area contributed by atoms with Crippen LogP contribution in [0.15, 0.2) is 16.8 Å². The van der Waals surface area contributed by atoms with Crippen molar-refractivity contribution in [3.63, 3.8) is 0 Å². The van der Waals surface area contributed by atoms with Crippen molar-refractivity contribution in [2.45, 2.75) is 32.6 Å². The van der Waals surface area contributed by atoms with Crippen LogP contribution in [-0.2, 0) is 0 Å². The number of nitrogens with zero attached hydrogens (tertiary/aromatic N) is 2. The van der Waals surface area contributed by atoms with E-state index in [1.807, 2.05) is 12.1 Å². The third kappa shape index (κ3) is 1.89. The number of fused-ring (bicyclic) bond motifs is 1. The molecule has 1 heterocycles. The molecule has 3 N–H and O–H groups in total. The summed E-state index contributed by atoms with van der Waals surface area (Å²) in [5.74, 6) is 0. The molecule has 0 unspecified atom stereocenters. The minimum atomic E-state index is 0.394. The summed E-state index contributed by atoms with van der Waals surface area (Å²) < 4.78 is 4.76. The van der Waals surface area contributed by atoms with Crippen LogP contribution < -0.4 is 11.1 Å². The van der Waals surface area contributed by atoms with Gasteiger partial charge in [0, 0.05) is 6.54 Å². The van der Waals surface area contributed by atoms with Crippen molar-refractivity contribution in [2.24, 2.45) is 5.41 Å². The summed E-state index contributed by atoms with van der Waals surface area (Å²) in [6.07, 6.45) is 5.24. The zero-order valence-electron chi connectivity index (χ0n) is 10.6. The Bertz CT molecular complexity index is 557. The van der Waals surface area contributed by atoms with E-state index in [1.54, 1.807) is 0 Å². The lowest BCUT2D eigenvalue weighted by atomic mass is 9.89. The van der Waals surface area contributed by atoms with Crippen molar-refractivity contribution in [1.82, 2.24) is 10.3 Å². The van der Waals surface area contributed by atoms with Crippen molar-refractivity contribution >= 4 is 22.4 Å². The lowest BCUT2D eigenvalue weighted by molar-refractivity contribution is 0.315. The second kappa shape index (κ2) is 4.15. The summed E-state index contributed by atoms with van der Waals surface area (Å²) in [5.41, 5.74) is 9.13. The van der Waals surface area contributed by atoms with Gasteiger partial charge in [-0.3, -0.25) is 0 Å². The van der Waals surface area contributed by atoms with Gasteiger partial charge < -0.3 is 11.1 Å². The second-order valence-corrected chi connectivity index (χ2v) is 5.54. The van der Waals surface area contributed by atoms with Crippen LogP contribution in [0.1, 0.15) is 32.6 Å². The Morgan fingerprint density at radius 3 is 2.78 bits per heavy atom. The Balaban J connectivity index is 1.82. The number of hydrogen-bond donors (Lipinski definition) is 2. The molecule has 0 aliphatic heterocycles. The second-order valence-electron chi connectivity index (χ2n) is 5.54. The monoisotopic (exact) mass is 246 g/mol. The molecule has 0 radical (unpaired) electrons. The van der Waals surface area contributed by atoms with E-state index in [0.29, 0.717) is 16.6 Å². The molecule has 1 aliphatic rings. The minimum absolute atomic E-state index is 0.394. The maximum Gasteiger partial charge on any atom is 0.160 e. The van der Waals surface area contributed by atoms with E-state index < -0.39 is 0 Å². The molecule has 18 heavy (non-hydrogen) atoms. The summed E-state index contributed by atoms with van der Waals surface area (Å²) in [4.78, 5) is 0. The fraction of sp³-hybridized carbons (Fsp3) is 0.538. The predicted molar refractivity (Wildman–Crippen MR) is 71.3 cm³/mol. The number of hydrogen-bond acceptors (Lipinski definition) is 5. The van der Waals surface area contributed by atoms with Gasteiger partial charge >= 0.3 is 0 Å². The highest BCUT2D eigenvalue weighted by molar-refractivity contribution is 5.94. The largest absolute Gasteiger partial charge is 0.397 e. The van der Waals surface area contributed by atoms with Crippen LogP contribution >= 0.6 is 0 Å². The Morgan fingerprint density at radius 2 is 2.00 bits per heavy atom. The topological polar surface area (TPSA) is 77.0 Å². The molecule has 0 bridgehead atoms. The number of anilines is 2. The van der Waals surface area contributed by atoms with Crippen molar-refractivity contribution in [2.75, 3.05) is 17.6 Å². The smallest absolute Gasteiger partial charge is 0.160 e. The fourth-order valence-electron chi connectivity index (χ4n) is 2.74. The van der Waals surface area contributed by atoms with E-state index in [1.165, 1.54) is 25.7 Å². The molecule has 0 spiro atoms. The third-order valence-electron chi connectivity index (χ3n) is 3.96. The summed E-state index contributed by atoms with van der Waals surface area (Å²) in [5, 5.41) is 11.2. The molecular formula is C13H18N4O. The third-order valence-corrected chi connectivity index (χ3v) is 3.96. The molecule has 1 saturated carbocycles.